The second-order valence-corrected chi connectivity index (χ2v) is 6.14. The lowest BCUT2D eigenvalue weighted by Gasteiger charge is -2.19. The standard InChI is InChI=1S/C16H22N2O4S/c1-10-5-4-6-12(9-10)15(20)18-13(7-8-23-3)16(21)22-11(2)14(17)19/h4-6,9,11,13H,7-8H2,1-3H3,(H2,17,19)(H,18,20)/t11-,13-/m1/s1. The molecule has 0 saturated heterocycles. The van der Waals surface area contributed by atoms with Gasteiger partial charge in [0.25, 0.3) is 11.8 Å². The van der Waals surface area contributed by atoms with Crippen LogP contribution in [0.3, 0.4) is 0 Å². The Bertz CT molecular complexity index is 577. The summed E-state index contributed by atoms with van der Waals surface area (Å²) < 4.78 is 4.99. The largest absolute Gasteiger partial charge is 0.451 e. The monoisotopic (exact) mass is 338 g/mol. The van der Waals surface area contributed by atoms with Gasteiger partial charge in [0.05, 0.1) is 0 Å². The van der Waals surface area contributed by atoms with Crippen molar-refractivity contribution in [1.82, 2.24) is 5.32 Å². The number of thioether (sulfide) groups is 1. The number of carbonyl (C=O) groups is 3. The summed E-state index contributed by atoms with van der Waals surface area (Å²) in [4.78, 5) is 35.4. The van der Waals surface area contributed by atoms with Crippen LogP contribution in [-0.4, -0.2) is 41.9 Å². The molecule has 23 heavy (non-hydrogen) atoms. The highest BCUT2D eigenvalue weighted by Crippen LogP contribution is 2.08. The normalized spacial score (nSPS) is 13.0. The summed E-state index contributed by atoms with van der Waals surface area (Å²) in [5.74, 6) is -1.08. The molecule has 1 rings (SSSR count). The highest BCUT2D eigenvalue weighted by Gasteiger charge is 2.25. The Morgan fingerprint density at radius 1 is 1.35 bits per heavy atom. The summed E-state index contributed by atoms with van der Waals surface area (Å²) in [5.41, 5.74) is 6.50. The van der Waals surface area contributed by atoms with E-state index in [9.17, 15) is 14.4 Å². The van der Waals surface area contributed by atoms with Crippen LogP contribution >= 0.6 is 11.8 Å². The molecule has 0 unspecified atom stereocenters. The number of hydrogen-bond donors (Lipinski definition) is 2. The molecular formula is C16H22N2O4S. The van der Waals surface area contributed by atoms with Gasteiger partial charge in [-0.1, -0.05) is 17.7 Å². The maximum absolute atomic E-state index is 12.3. The molecule has 0 aliphatic rings. The third-order valence-corrected chi connectivity index (χ3v) is 3.82. The van der Waals surface area contributed by atoms with Gasteiger partial charge in [0.1, 0.15) is 6.04 Å². The van der Waals surface area contributed by atoms with Crippen molar-refractivity contribution >= 4 is 29.5 Å². The van der Waals surface area contributed by atoms with Crippen LogP contribution < -0.4 is 11.1 Å². The van der Waals surface area contributed by atoms with Crippen LogP contribution in [0.1, 0.15) is 29.3 Å². The Morgan fingerprint density at radius 2 is 2.04 bits per heavy atom. The van der Waals surface area contributed by atoms with Crippen molar-refractivity contribution in [2.45, 2.75) is 32.4 Å². The number of esters is 1. The summed E-state index contributed by atoms with van der Waals surface area (Å²) in [6, 6.07) is 6.24. The van der Waals surface area contributed by atoms with Crippen molar-refractivity contribution < 1.29 is 19.1 Å². The number of carbonyl (C=O) groups excluding carboxylic acids is 3. The fraction of sp³-hybridized carbons (Fsp3) is 0.438. The molecule has 2 amide bonds. The van der Waals surface area contributed by atoms with E-state index in [-0.39, 0.29) is 5.91 Å². The number of ether oxygens (including phenoxy) is 1. The Balaban J connectivity index is 2.79. The van der Waals surface area contributed by atoms with E-state index < -0.39 is 24.0 Å². The highest BCUT2D eigenvalue weighted by molar-refractivity contribution is 7.98. The van der Waals surface area contributed by atoms with Crippen LogP contribution in [0.4, 0.5) is 0 Å². The van der Waals surface area contributed by atoms with Crippen LogP contribution in [0, 0.1) is 6.92 Å². The molecule has 0 spiro atoms. The topological polar surface area (TPSA) is 98.5 Å². The van der Waals surface area contributed by atoms with Gasteiger partial charge in [0, 0.05) is 5.56 Å². The van der Waals surface area contributed by atoms with E-state index >= 15 is 0 Å². The lowest BCUT2D eigenvalue weighted by Crippen LogP contribution is -2.44. The van der Waals surface area contributed by atoms with E-state index in [1.165, 1.54) is 6.92 Å². The first-order valence-electron chi connectivity index (χ1n) is 7.21. The number of nitrogens with one attached hydrogen (secondary N) is 1. The fourth-order valence-electron chi connectivity index (χ4n) is 1.83. The molecular weight excluding hydrogens is 316 g/mol. The van der Waals surface area contributed by atoms with Crippen molar-refractivity contribution in [3.8, 4) is 0 Å². The van der Waals surface area contributed by atoms with E-state index in [0.29, 0.717) is 17.7 Å². The molecule has 126 valence electrons. The zero-order chi connectivity index (χ0) is 17.4. The number of amides is 2. The molecule has 3 N–H and O–H groups in total. The molecule has 0 aromatic heterocycles. The van der Waals surface area contributed by atoms with Gasteiger partial charge in [-0.25, -0.2) is 4.79 Å². The molecule has 2 atom stereocenters. The third-order valence-electron chi connectivity index (χ3n) is 3.17. The minimum atomic E-state index is -1.03. The van der Waals surface area contributed by atoms with Crippen LogP contribution in [0.15, 0.2) is 24.3 Å². The molecule has 0 bridgehead atoms. The number of benzene rings is 1. The van der Waals surface area contributed by atoms with E-state index in [0.717, 1.165) is 5.56 Å². The molecule has 0 heterocycles. The summed E-state index contributed by atoms with van der Waals surface area (Å²) in [6.45, 7) is 3.28. The molecule has 7 heteroatoms. The van der Waals surface area contributed by atoms with E-state index in [1.54, 1.807) is 30.0 Å². The number of primary amides is 1. The lowest BCUT2D eigenvalue weighted by atomic mass is 10.1. The van der Waals surface area contributed by atoms with Crippen molar-refractivity contribution in [3.05, 3.63) is 35.4 Å². The van der Waals surface area contributed by atoms with Crippen LogP contribution in [-0.2, 0) is 14.3 Å². The molecule has 0 fully saturated rings. The molecule has 0 aliphatic heterocycles. The minimum absolute atomic E-state index is 0.358. The maximum Gasteiger partial charge on any atom is 0.329 e. The first-order valence-corrected chi connectivity index (χ1v) is 8.60. The van der Waals surface area contributed by atoms with Crippen molar-refractivity contribution in [2.24, 2.45) is 5.73 Å². The quantitative estimate of drug-likeness (QED) is 0.695. The highest BCUT2D eigenvalue weighted by atomic mass is 32.2. The summed E-state index contributed by atoms with van der Waals surface area (Å²) in [6.07, 6.45) is 1.27. The summed E-state index contributed by atoms with van der Waals surface area (Å²) in [5, 5.41) is 2.66. The van der Waals surface area contributed by atoms with Crippen molar-refractivity contribution in [3.63, 3.8) is 0 Å². The van der Waals surface area contributed by atoms with Gasteiger partial charge in [-0.15, -0.1) is 0 Å². The van der Waals surface area contributed by atoms with Crippen LogP contribution in [0.25, 0.3) is 0 Å². The Morgan fingerprint density at radius 3 is 2.61 bits per heavy atom. The van der Waals surface area contributed by atoms with Crippen LogP contribution in [0.2, 0.25) is 0 Å². The molecule has 1 aromatic carbocycles. The zero-order valence-corrected chi connectivity index (χ0v) is 14.3. The SMILES string of the molecule is CSCC[C@@H](NC(=O)c1cccc(C)c1)C(=O)O[C@H](C)C(N)=O. The first-order chi connectivity index (χ1) is 10.8. The Hall–Kier alpha value is -2.02. The molecule has 0 radical (unpaired) electrons. The molecule has 1 aromatic rings. The zero-order valence-electron chi connectivity index (χ0n) is 13.5. The first kappa shape index (κ1) is 19.0. The van der Waals surface area contributed by atoms with Crippen molar-refractivity contribution in [2.75, 3.05) is 12.0 Å². The van der Waals surface area contributed by atoms with Gasteiger partial charge >= 0.3 is 5.97 Å². The van der Waals surface area contributed by atoms with Gasteiger partial charge in [-0.05, 0) is 44.4 Å². The Labute approximate surface area is 140 Å². The fourth-order valence-corrected chi connectivity index (χ4v) is 2.30. The van der Waals surface area contributed by atoms with E-state index in [4.69, 9.17) is 10.5 Å². The molecule has 0 saturated carbocycles. The molecule has 0 aliphatic carbocycles. The van der Waals surface area contributed by atoms with Gasteiger partial charge in [-0.2, -0.15) is 11.8 Å². The maximum atomic E-state index is 12.3. The average molecular weight is 338 g/mol. The van der Waals surface area contributed by atoms with Crippen LogP contribution in [0.5, 0.6) is 0 Å². The smallest absolute Gasteiger partial charge is 0.329 e. The van der Waals surface area contributed by atoms with Gasteiger partial charge in [0.2, 0.25) is 0 Å². The second-order valence-electron chi connectivity index (χ2n) is 5.16. The number of hydrogen-bond acceptors (Lipinski definition) is 5. The van der Waals surface area contributed by atoms with E-state index in [2.05, 4.69) is 5.32 Å². The third kappa shape index (κ3) is 6.32. The Kier molecular flexibility index (Phi) is 7.61. The summed E-state index contributed by atoms with van der Waals surface area (Å²) in [7, 11) is 0. The lowest BCUT2D eigenvalue weighted by molar-refractivity contribution is -0.155. The summed E-state index contributed by atoms with van der Waals surface area (Å²) >= 11 is 1.55. The second kappa shape index (κ2) is 9.19. The van der Waals surface area contributed by atoms with E-state index in [1.807, 2.05) is 19.2 Å². The average Bonchev–Trinajstić information content (AvgIpc) is 2.50. The number of rotatable bonds is 8. The van der Waals surface area contributed by atoms with Crippen molar-refractivity contribution in [1.29, 1.82) is 0 Å². The molecule has 6 nitrogen and oxygen atoms in total. The van der Waals surface area contributed by atoms with Gasteiger partial charge in [-0.3, -0.25) is 9.59 Å². The predicted molar refractivity (Wildman–Crippen MR) is 90.2 cm³/mol. The minimum Gasteiger partial charge on any atom is -0.451 e. The van der Waals surface area contributed by atoms with Gasteiger partial charge < -0.3 is 15.8 Å². The number of aryl methyl sites for hydroxylation is 1. The van der Waals surface area contributed by atoms with Gasteiger partial charge in [0.15, 0.2) is 6.10 Å². The predicted octanol–water partition coefficient (Wildman–Crippen LogP) is 1.26. The number of nitrogens with two attached hydrogens (primary N) is 1.